The lowest BCUT2D eigenvalue weighted by atomic mass is 10.1. The van der Waals surface area contributed by atoms with Gasteiger partial charge in [-0.15, -0.1) is 0 Å². The van der Waals surface area contributed by atoms with Crippen LogP contribution in [0.2, 0.25) is 0 Å². The van der Waals surface area contributed by atoms with E-state index >= 15 is 0 Å². The lowest BCUT2D eigenvalue weighted by molar-refractivity contribution is -0.0733. The molecular weight excluding hydrogens is 272 g/mol. The molecule has 1 unspecified atom stereocenters. The number of ether oxygens (including phenoxy) is 3. The number of nitrogens with zero attached hydrogens (tertiary/aromatic N) is 1. The van der Waals surface area contributed by atoms with E-state index in [0.29, 0.717) is 39.5 Å². The van der Waals surface area contributed by atoms with Gasteiger partial charge in [0.05, 0.1) is 31.5 Å². The fourth-order valence-electron chi connectivity index (χ4n) is 2.66. The Bertz CT molecular complexity index is 330. The second kappa shape index (κ2) is 7.96. The lowest BCUT2D eigenvalue weighted by Gasteiger charge is -2.38. The molecule has 2 heterocycles. The number of hydrogen-bond acceptors (Lipinski definition) is 4. The first-order valence-corrected chi connectivity index (χ1v) is 7.93. The standard InChI is InChI=1S/C15H28N2O4/c1-15(2)12-17(7-10-21-15)14(18)16-6-4-8-19-11-13-5-3-9-20-13/h13H,3-12H2,1-2H3,(H,16,18). The molecule has 21 heavy (non-hydrogen) atoms. The molecule has 6 heteroatoms. The third kappa shape index (κ3) is 5.80. The van der Waals surface area contributed by atoms with Crippen molar-refractivity contribution in [2.45, 2.75) is 44.8 Å². The summed E-state index contributed by atoms with van der Waals surface area (Å²) in [6.45, 7) is 8.74. The summed E-state index contributed by atoms with van der Waals surface area (Å²) < 4.78 is 16.6. The van der Waals surface area contributed by atoms with Crippen molar-refractivity contribution in [3.8, 4) is 0 Å². The van der Waals surface area contributed by atoms with Gasteiger partial charge in [-0.05, 0) is 33.1 Å². The Morgan fingerprint density at radius 3 is 3.00 bits per heavy atom. The number of morpholine rings is 1. The van der Waals surface area contributed by atoms with Crippen LogP contribution in [-0.4, -0.2) is 68.7 Å². The minimum atomic E-state index is -0.250. The van der Waals surface area contributed by atoms with Crippen LogP contribution in [0.4, 0.5) is 4.79 Å². The van der Waals surface area contributed by atoms with E-state index in [1.54, 1.807) is 0 Å². The van der Waals surface area contributed by atoms with Crippen molar-refractivity contribution in [1.82, 2.24) is 10.2 Å². The van der Waals surface area contributed by atoms with Gasteiger partial charge in [0.25, 0.3) is 0 Å². The Kier molecular flexibility index (Phi) is 6.26. The smallest absolute Gasteiger partial charge is 0.317 e. The predicted molar refractivity (Wildman–Crippen MR) is 79.4 cm³/mol. The molecule has 0 aromatic heterocycles. The zero-order valence-corrected chi connectivity index (χ0v) is 13.2. The molecular formula is C15H28N2O4. The Labute approximate surface area is 127 Å². The molecule has 0 aromatic carbocycles. The highest BCUT2D eigenvalue weighted by molar-refractivity contribution is 5.74. The van der Waals surface area contributed by atoms with Crippen LogP contribution in [0.15, 0.2) is 0 Å². The van der Waals surface area contributed by atoms with Gasteiger partial charge in [-0.2, -0.15) is 0 Å². The minimum absolute atomic E-state index is 0.00880. The number of carbonyl (C=O) groups is 1. The second-order valence-corrected chi connectivity index (χ2v) is 6.33. The van der Waals surface area contributed by atoms with Gasteiger partial charge < -0.3 is 24.4 Å². The summed E-state index contributed by atoms with van der Waals surface area (Å²) in [6.07, 6.45) is 3.34. The number of nitrogens with one attached hydrogen (secondary N) is 1. The molecule has 0 aliphatic carbocycles. The summed E-state index contributed by atoms with van der Waals surface area (Å²) in [5.41, 5.74) is -0.250. The largest absolute Gasteiger partial charge is 0.379 e. The Morgan fingerprint density at radius 2 is 2.29 bits per heavy atom. The summed E-state index contributed by atoms with van der Waals surface area (Å²) in [4.78, 5) is 13.8. The number of urea groups is 1. The molecule has 0 spiro atoms. The molecule has 2 rings (SSSR count). The van der Waals surface area contributed by atoms with E-state index in [1.165, 1.54) is 0 Å². The maximum atomic E-state index is 12.0. The Balaban J connectivity index is 1.50. The Hall–Kier alpha value is -0.850. The summed E-state index contributed by atoms with van der Waals surface area (Å²) in [5, 5.41) is 2.94. The zero-order valence-electron chi connectivity index (χ0n) is 13.2. The van der Waals surface area contributed by atoms with E-state index in [9.17, 15) is 4.79 Å². The highest BCUT2D eigenvalue weighted by Crippen LogP contribution is 2.16. The average molecular weight is 300 g/mol. The number of rotatable bonds is 6. The topological polar surface area (TPSA) is 60.0 Å². The van der Waals surface area contributed by atoms with Gasteiger partial charge in [0.1, 0.15) is 0 Å². The van der Waals surface area contributed by atoms with Gasteiger partial charge in [0.15, 0.2) is 0 Å². The van der Waals surface area contributed by atoms with Crippen LogP contribution in [0, 0.1) is 0 Å². The molecule has 122 valence electrons. The first-order chi connectivity index (χ1) is 10.1. The predicted octanol–water partition coefficient (Wildman–Crippen LogP) is 1.39. The van der Waals surface area contributed by atoms with Gasteiger partial charge >= 0.3 is 6.03 Å². The molecule has 0 saturated carbocycles. The number of carbonyl (C=O) groups excluding carboxylic acids is 1. The van der Waals surface area contributed by atoms with Crippen LogP contribution in [0.5, 0.6) is 0 Å². The molecule has 0 aromatic rings. The molecule has 6 nitrogen and oxygen atoms in total. The molecule has 2 aliphatic rings. The minimum Gasteiger partial charge on any atom is -0.379 e. The van der Waals surface area contributed by atoms with E-state index in [4.69, 9.17) is 14.2 Å². The fraction of sp³-hybridized carbons (Fsp3) is 0.933. The first kappa shape index (κ1) is 16.5. The average Bonchev–Trinajstić information content (AvgIpc) is 2.94. The quantitative estimate of drug-likeness (QED) is 0.753. The number of hydrogen-bond donors (Lipinski definition) is 1. The molecule has 2 saturated heterocycles. The van der Waals surface area contributed by atoms with E-state index in [-0.39, 0.29) is 17.7 Å². The van der Waals surface area contributed by atoms with Crippen molar-refractivity contribution in [1.29, 1.82) is 0 Å². The van der Waals surface area contributed by atoms with E-state index in [0.717, 1.165) is 25.9 Å². The monoisotopic (exact) mass is 300 g/mol. The maximum Gasteiger partial charge on any atom is 0.317 e. The third-order valence-electron chi connectivity index (χ3n) is 3.78. The summed E-state index contributed by atoms with van der Waals surface area (Å²) in [7, 11) is 0. The Morgan fingerprint density at radius 1 is 1.43 bits per heavy atom. The summed E-state index contributed by atoms with van der Waals surface area (Å²) >= 11 is 0. The van der Waals surface area contributed by atoms with Gasteiger partial charge in [0.2, 0.25) is 0 Å². The van der Waals surface area contributed by atoms with E-state index in [1.807, 2.05) is 18.7 Å². The van der Waals surface area contributed by atoms with Crippen molar-refractivity contribution in [3.63, 3.8) is 0 Å². The van der Waals surface area contributed by atoms with E-state index < -0.39 is 0 Å². The van der Waals surface area contributed by atoms with E-state index in [2.05, 4.69) is 5.32 Å². The number of amides is 2. The van der Waals surface area contributed by atoms with Crippen molar-refractivity contribution >= 4 is 6.03 Å². The van der Waals surface area contributed by atoms with Crippen molar-refractivity contribution in [3.05, 3.63) is 0 Å². The first-order valence-electron chi connectivity index (χ1n) is 7.93. The summed E-state index contributed by atoms with van der Waals surface area (Å²) in [6, 6.07) is -0.00880. The molecule has 1 N–H and O–H groups in total. The zero-order chi connectivity index (χ0) is 15.1. The third-order valence-corrected chi connectivity index (χ3v) is 3.78. The lowest BCUT2D eigenvalue weighted by Crippen LogP contribution is -2.53. The van der Waals surface area contributed by atoms with Crippen LogP contribution >= 0.6 is 0 Å². The fourth-order valence-corrected chi connectivity index (χ4v) is 2.66. The second-order valence-electron chi connectivity index (χ2n) is 6.33. The van der Waals surface area contributed by atoms with Crippen molar-refractivity contribution in [2.24, 2.45) is 0 Å². The molecule has 0 radical (unpaired) electrons. The normalized spacial score (nSPS) is 25.0. The highest BCUT2D eigenvalue weighted by atomic mass is 16.5. The van der Waals surface area contributed by atoms with Crippen LogP contribution in [-0.2, 0) is 14.2 Å². The van der Waals surface area contributed by atoms with Gasteiger partial charge in [-0.3, -0.25) is 0 Å². The maximum absolute atomic E-state index is 12.0. The molecule has 1 atom stereocenters. The van der Waals surface area contributed by atoms with Gasteiger partial charge in [0, 0.05) is 26.3 Å². The van der Waals surface area contributed by atoms with Crippen molar-refractivity contribution < 1.29 is 19.0 Å². The van der Waals surface area contributed by atoms with Crippen LogP contribution in [0.1, 0.15) is 33.1 Å². The highest BCUT2D eigenvalue weighted by Gasteiger charge is 2.29. The molecule has 0 bridgehead atoms. The summed E-state index contributed by atoms with van der Waals surface area (Å²) in [5.74, 6) is 0. The molecule has 2 amide bonds. The van der Waals surface area contributed by atoms with Crippen LogP contribution in [0.25, 0.3) is 0 Å². The molecule has 2 fully saturated rings. The van der Waals surface area contributed by atoms with Crippen LogP contribution < -0.4 is 5.32 Å². The molecule has 2 aliphatic heterocycles. The van der Waals surface area contributed by atoms with Gasteiger partial charge in [-0.25, -0.2) is 4.79 Å². The SMILES string of the molecule is CC1(C)CN(C(=O)NCCCOCC2CCCO2)CCO1. The van der Waals surface area contributed by atoms with Gasteiger partial charge in [-0.1, -0.05) is 0 Å². The van der Waals surface area contributed by atoms with Crippen molar-refractivity contribution in [2.75, 3.05) is 46.1 Å². The van der Waals surface area contributed by atoms with Crippen LogP contribution in [0.3, 0.4) is 0 Å².